The van der Waals surface area contributed by atoms with Crippen molar-refractivity contribution in [1.82, 2.24) is 0 Å². The number of alkyl halides is 2. The molecule has 1 aliphatic carbocycles. The number of halogens is 2. The Bertz CT molecular complexity index is 150. The van der Waals surface area contributed by atoms with Crippen LogP contribution in [-0.4, -0.2) is 17.3 Å². The highest BCUT2D eigenvalue weighted by Crippen LogP contribution is 2.34. The molecule has 1 aliphatic rings. The largest absolute Gasteiger partial charge is 0.379 e. The zero-order valence-electron chi connectivity index (χ0n) is 6.97. The van der Waals surface area contributed by atoms with Gasteiger partial charge in [-0.3, -0.25) is 0 Å². The maximum atomic E-state index is 12.8. The summed E-state index contributed by atoms with van der Waals surface area (Å²) in [5.74, 6) is -2.68. The van der Waals surface area contributed by atoms with Crippen LogP contribution in [0.1, 0.15) is 32.1 Å². The molecule has 1 rings (SSSR count). The lowest BCUT2D eigenvalue weighted by molar-refractivity contribution is -0.0166. The van der Waals surface area contributed by atoms with Crippen molar-refractivity contribution in [3.8, 4) is 0 Å². The minimum Gasteiger partial charge on any atom is -0.379 e. The van der Waals surface area contributed by atoms with Crippen molar-refractivity contribution in [2.45, 2.75) is 44.3 Å². The summed E-state index contributed by atoms with van der Waals surface area (Å²) in [6.45, 7) is 0. The van der Waals surface area contributed by atoms with Crippen molar-refractivity contribution in [3.05, 3.63) is 0 Å². The zero-order valence-corrected chi connectivity index (χ0v) is 6.97. The van der Waals surface area contributed by atoms with Crippen LogP contribution in [0.2, 0.25) is 0 Å². The van der Waals surface area contributed by atoms with Gasteiger partial charge in [0.1, 0.15) is 6.23 Å². The summed E-state index contributed by atoms with van der Waals surface area (Å²) in [4.78, 5) is 0. The van der Waals surface area contributed by atoms with E-state index in [1.807, 2.05) is 0 Å². The lowest BCUT2D eigenvalue weighted by Crippen LogP contribution is -2.29. The zero-order chi connectivity index (χ0) is 9.19. The first-order valence-corrected chi connectivity index (χ1v) is 4.33. The Morgan fingerprint density at radius 2 is 2.00 bits per heavy atom. The van der Waals surface area contributed by atoms with Crippen LogP contribution in [0.15, 0.2) is 0 Å². The maximum absolute atomic E-state index is 12.8. The van der Waals surface area contributed by atoms with Gasteiger partial charge in [-0.1, -0.05) is 0 Å². The smallest absolute Gasteiger partial charge is 0.248 e. The van der Waals surface area contributed by atoms with Gasteiger partial charge >= 0.3 is 0 Å². The van der Waals surface area contributed by atoms with E-state index in [-0.39, 0.29) is 18.8 Å². The van der Waals surface area contributed by atoms with Crippen molar-refractivity contribution in [3.63, 3.8) is 0 Å². The van der Waals surface area contributed by atoms with E-state index in [9.17, 15) is 8.78 Å². The lowest BCUT2D eigenvalue weighted by Gasteiger charge is -2.16. The predicted molar refractivity (Wildman–Crippen MR) is 41.7 cm³/mol. The molecule has 0 unspecified atom stereocenters. The standard InChI is InChI=1S/C8H15F2NO/c9-8(10)4-1-2-6(3-5-8)7(11)12/h6-7,12H,1-5,11H2/t6-,7+/m0/s1. The molecule has 0 radical (unpaired) electrons. The van der Waals surface area contributed by atoms with E-state index in [2.05, 4.69) is 0 Å². The first-order chi connectivity index (χ1) is 5.51. The van der Waals surface area contributed by atoms with Crippen LogP contribution in [0.3, 0.4) is 0 Å². The summed E-state index contributed by atoms with van der Waals surface area (Å²) in [7, 11) is 0. The van der Waals surface area contributed by atoms with Crippen LogP contribution in [0, 0.1) is 5.92 Å². The Morgan fingerprint density at radius 1 is 1.33 bits per heavy atom. The highest BCUT2D eigenvalue weighted by molar-refractivity contribution is 4.76. The minimum atomic E-state index is -2.54. The molecule has 2 atom stereocenters. The van der Waals surface area contributed by atoms with Crippen molar-refractivity contribution in [1.29, 1.82) is 0 Å². The fourth-order valence-corrected chi connectivity index (χ4v) is 1.63. The molecule has 4 heteroatoms. The summed E-state index contributed by atoms with van der Waals surface area (Å²) in [5.41, 5.74) is 5.24. The molecule has 0 heterocycles. The summed E-state index contributed by atoms with van der Waals surface area (Å²) in [6, 6.07) is 0. The van der Waals surface area contributed by atoms with Gasteiger partial charge in [-0.05, 0) is 25.2 Å². The van der Waals surface area contributed by atoms with E-state index < -0.39 is 12.2 Å². The molecule has 2 nitrogen and oxygen atoms in total. The van der Waals surface area contributed by atoms with E-state index in [1.165, 1.54) is 0 Å². The predicted octanol–water partition coefficient (Wildman–Crippen LogP) is 1.48. The molecule has 12 heavy (non-hydrogen) atoms. The minimum absolute atomic E-state index is 0.0593. The van der Waals surface area contributed by atoms with Crippen LogP contribution in [0.4, 0.5) is 8.78 Å². The second-order valence-electron chi connectivity index (χ2n) is 3.54. The third-order valence-electron chi connectivity index (χ3n) is 2.48. The molecule has 0 aromatic carbocycles. The van der Waals surface area contributed by atoms with E-state index in [0.717, 1.165) is 0 Å². The molecule has 0 spiro atoms. The summed E-state index contributed by atoms with van der Waals surface area (Å²) in [6.07, 6.45) is 0.297. The van der Waals surface area contributed by atoms with Gasteiger partial charge in [0.2, 0.25) is 5.92 Å². The van der Waals surface area contributed by atoms with Gasteiger partial charge in [0.25, 0.3) is 0 Å². The van der Waals surface area contributed by atoms with Crippen molar-refractivity contribution in [2.24, 2.45) is 11.7 Å². The number of aliphatic hydroxyl groups is 1. The molecular weight excluding hydrogens is 164 g/mol. The SMILES string of the molecule is N[C@H](O)[C@H]1CCCC(F)(F)CC1. The van der Waals surface area contributed by atoms with Crippen LogP contribution < -0.4 is 5.73 Å². The second kappa shape index (κ2) is 3.66. The van der Waals surface area contributed by atoms with Crippen LogP contribution in [0.25, 0.3) is 0 Å². The molecule has 0 saturated heterocycles. The third-order valence-corrected chi connectivity index (χ3v) is 2.48. The maximum Gasteiger partial charge on any atom is 0.248 e. The Balaban J connectivity index is 2.45. The first kappa shape index (κ1) is 9.86. The van der Waals surface area contributed by atoms with Crippen molar-refractivity contribution >= 4 is 0 Å². The van der Waals surface area contributed by atoms with Gasteiger partial charge in [0.05, 0.1) is 0 Å². The average Bonchev–Trinajstić information content (AvgIpc) is 2.10. The molecule has 0 aromatic rings. The van der Waals surface area contributed by atoms with Gasteiger partial charge in [0.15, 0.2) is 0 Å². The van der Waals surface area contributed by atoms with Crippen molar-refractivity contribution < 1.29 is 13.9 Å². The van der Waals surface area contributed by atoms with Crippen LogP contribution >= 0.6 is 0 Å². The average molecular weight is 179 g/mol. The van der Waals surface area contributed by atoms with Gasteiger partial charge in [-0.2, -0.15) is 0 Å². The monoisotopic (exact) mass is 179 g/mol. The lowest BCUT2D eigenvalue weighted by atomic mass is 9.99. The van der Waals surface area contributed by atoms with Gasteiger partial charge in [-0.15, -0.1) is 0 Å². The summed E-state index contributed by atoms with van der Waals surface area (Å²) >= 11 is 0. The molecule has 0 amide bonds. The molecule has 1 saturated carbocycles. The Labute approximate surface area is 70.8 Å². The normalized spacial score (nSPS) is 32.5. The Kier molecular flexibility index (Phi) is 3.01. The topological polar surface area (TPSA) is 46.2 Å². The number of aliphatic hydroxyl groups excluding tert-OH is 1. The Morgan fingerprint density at radius 3 is 2.58 bits per heavy atom. The highest BCUT2D eigenvalue weighted by atomic mass is 19.3. The molecule has 3 N–H and O–H groups in total. The molecular formula is C8H15F2NO. The quantitative estimate of drug-likeness (QED) is 0.473. The van der Waals surface area contributed by atoms with Gasteiger partial charge in [-0.25, -0.2) is 8.78 Å². The van der Waals surface area contributed by atoms with Gasteiger partial charge < -0.3 is 10.8 Å². The summed E-state index contributed by atoms with van der Waals surface area (Å²) in [5, 5.41) is 9.01. The highest BCUT2D eigenvalue weighted by Gasteiger charge is 2.33. The number of rotatable bonds is 1. The van der Waals surface area contributed by atoms with E-state index in [0.29, 0.717) is 19.3 Å². The molecule has 1 fully saturated rings. The summed E-state index contributed by atoms with van der Waals surface area (Å²) < 4.78 is 25.6. The Hall–Kier alpha value is -0.220. The molecule has 72 valence electrons. The second-order valence-corrected chi connectivity index (χ2v) is 3.54. The number of nitrogens with two attached hydrogens (primary N) is 1. The molecule has 0 aromatic heterocycles. The number of hydrogen-bond donors (Lipinski definition) is 2. The van der Waals surface area contributed by atoms with E-state index >= 15 is 0 Å². The van der Waals surface area contributed by atoms with Crippen LogP contribution in [0.5, 0.6) is 0 Å². The van der Waals surface area contributed by atoms with Crippen LogP contribution in [-0.2, 0) is 0 Å². The fourth-order valence-electron chi connectivity index (χ4n) is 1.63. The van der Waals surface area contributed by atoms with E-state index in [4.69, 9.17) is 10.8 Å². The van der Waals surface area contributed by atoms with Crippen molar-refractivity contribution in [2.75, 3.05) is 0 Å². The van der Waals surface area contributed by atoms with Gasteiger partial charge in [0, 0.05) is 12.8 Å². The fraction of sp³-hybridized carbons (Fsp3) is 1.00. The van der Waals surface area contributed by atoms with E-state index in [1.54, 1.807) is 0 Å². The first-order valence-electron chi connectivity index (χ1n) is 4.33. The molecule has 0 bridgehead atoms. The molecule has 0 aliphatic heterocycles. The number of hydrogen-bond acceptors (Lipinski definition) is 2. The third kappa shape index (κ3) is 2.68.